The number of rotatable bonds is 4. The first-order valence-electron chi connectivity index (χ1n) is 4.09. The van der Waals surface area contributed by atoms with Crippen LogP contribution >= 0.6 is 0 Å². The zero-order chi connectivity index (χ0) is 9.52. The molecule has 0 heterocycles. The molecule has 0 aliphatic carbocycles. The van der Waals surface area contributed by atoms with Gasteiger partial charge in [-0.3, -0.25) is 4.79 Å². The molecule has 1 aromatic carbocycles. The predicted octanol–water partition coefficient (Wildman–Crippen LogP) is 1.63. The minimum atomic E-state index is 0.322. The van der Waals surface area contributed by atoms with Gasteiger partial charge in [-0.05, 0) is 6.92 Å². The highest BCUT2D eigenvalue weighted by molar-refractivity contribution is 6.36. The summed E-state index contributed by atoms with van der Waals surface area (Å²) < 4.78 is 0. The molecule has 3 heteroatoms. The summed E-state index contributed by atoms with van der Waals surface area (Å²) in [7, 11) is 0. The zero-order valence-electron chi connectivity index (χ0n) is 7.43. The second kappa shape index (κ2) is 5.09. The molecule has 0 saturated carbocycles. The molecule has 68 valence electrons. The summed E-state index contributed by atoms with van der Waals surface area (Å²) in [6.45, 7) is 2.28. The van der Waals surface area contributed by atoms with Gasteiger partial charge >= 0.3 is 0 Å². The topological polar surface area (TPSA) is 38.7 Å². The van der Waals surface area contributed by atoms with Crippen LogP contribution in [0.15, 0.2) is 35.5 Å². The van der Waals surface area contributed by atoms with Crippen LogP contribution in [0.1, 0.15) is 12.5 Å². The Balaban J connectivity index is 2.84. The quantitative estimate of drug-likeness (QED) is 0.398. The molecule has 0 amide bonds. The van der Waals surface area contributed by atoms with Crippen LogP contribution in [0.3, 0.4) is 0 Å². The first kappa shape index (κ1) is 9.45. The van der Waals surface area contributed by atoms with E-state index in [-0.39, 0.29) is 0 Å². The van der Waals surface area contributed by atoms with E-state index in [1.54, 1.807) is 0 Å². The van der Waals surface area contributed by atoms with E-state index in [0.29, 0.717) is 18.6 Å². The van der Waals surface area contributed by atoms with Crippen LogP contribution in [0, 0.1) is 0 Å². The van der Waals surface area contributed by atoms with Crippen LogP contribution < -0.4 is 0 Å². The van der Waals surface area contributed by atoms with E-state index in [1.165, 1.54) is 0 Å². The first-order valence-corrected chi connectivity index (χ1v) is 4.09. The fourth-order valence-electron chi connectivity index (χ4n) is 0.885. The van der Waals surface area contributed by atoms with Crippen molar-refractivity contribution in [3.8, 4) is 0 Å². The Morgan fingerprint density at radius 2 is 2.15 bits per heavy atom. The van der Waals surface area contributed by atoms with Gasteiger partial charge in [-0.25, -0.2) is 0 Å². The monoisotopic (exact) mass is 177 g/mol. The lowest BCUT2D eigenvalue weighted by atomic mass is 10.1. The van der Waals surface area contributed by atoms with Crippen molar-refractivity contribution in [1.29, 1.82) is 0 Å². The molecule has 0 N–H and O–H groups in total. The van der Waals surface area contributed by atoms with Gasteiger partial charge in [0, 0.05) is 5.56 Å². The van der Waals surface area contributed by atoms with E-state index >= 15 is 0 Å². The van der Waals surface area contributed by atoms with Gasteiger partial charge in [0.1, 0.15) is 12.3 Å². The molecule has 0 fully saturated rings. The Hall–Kier alpha value is -1.64. The summed E-state index contributed by atoms with van der Waals surface area (Å²) in [5.41, 5.74) is 1.09. The minimum absolute atomic E-state index is 0.322. The highest BCUT2D eigenvalue weighted by Gasteiger charge is 2.00. The number of benzene rings is 1. The van der Waals surface area contributed by atoms with Crippen molar-refractivity contribution in [3.05, 3.63) is 35.9 Å². The average molecular weight is 177 g/mol. The van der Waals surface area contributed by atoms with Crippen LogP contribution in [0.25, 0.3) is 0 Å². The number of aldehydes is 1. The first-order chi connectivity index (χ1) is 6.38. The third-order valence-electron chi connectivity index (χ3n) is 1.47. The molecule has 1 aromatic rings. The van der Waals surface area contributed by atoms with Gasteiger partial charge in [-0.15, -0.1) is 0 Å². The maximum atomic E-state index is 10.6. The smallest absolute Gasteiger partial charge is 0.172 e. The van der Waals surface area contributed by atoms with E-state index in [0.717, 1.165) is 5.56 Å². The molecule has 0 unspecified atom stereocenters. The fourth-order valence-corrected chi connectivity index (χ4v) is 0.885. The number of carbonyl (C=O) groups excluding carboxylic acids is 1. The number of carbonyl (C=O) groups is 1. The highest BCUT2D eigenvalue weighted by Crippen LogP contribution is 1.99. The van der Waals surface area contributed by atoms with Crippen molar-refractivity contribution in [2.24, 2.45) is 5.16 Å². The number of oxime groups is 1. The summed E-state index contributed by atoms with van der Waals surface area (Å²) in [4.78, 5) is 15.4. The van der Waals surface area contributed by atoms with Crippen molar-refractivity contribution in [1.82, 2.24) is 0 Å². The second-order valence-electron chi connectivity index (χ2n) is 2.38. The minimum Gasteiger partial charge on any atom is -0.396 e. The summed E-state index contributed by atoms with van der Waals surface area (Å²) in [6.07, 6.45) is 0.686. The summed E-state index contributed by atoms with van der Waals surface area (Å²) >= 11 is 0. The number of nitrogens with zero attached hydrogens (tertiary/aromatic N) is 1. The molecule has 0 aromatic heterocycles. The Kier molecular flexibility index (Phi) is 3.70. The van der Waals surface area contributed by atoms with E-state index in [9.17, 15) is 4.79 Å². The van der Waals surface area contributed by atoms with Crippen molar-refractivity contribution in [2.45, 2.75) is 6.92 Å². The lowest BCUT2D eigenvalue weighted by Gasteiger charge is -1.97. The van der Waals surface area contributed by atoms with Crippen LogP contribution in [0.2, 0.25) is 0 Å². The SMILES string of the molecule is CCO/N=C(/C=O)c1ccccc1. The molecule has 0 spiro atoms. The van der Waals surface area contributed by atoms with Crippen LogP contribution in [-0.2, 0) is 9.63 Å². The van der Waals surface area contributed by atoms with Gasteiger partial charge in [-0.2, -0.15) is 0 Å². The van der Waals surface area contributed by atoms with Gasteiger partial charge < -0.3 is 4.84 Å². The molecule has 3 nitrogen and oxygen atoms in total. The Bertz CT molecular complexity index is 293. The average Bonchev–Trinajstić information content (AvgIpc) is 2.21. The Morgan fingerprint density at radius 3 is 2.69 bits per heavy atom. The van der Waals surface area contributed by atoms with Gasteiger partial charge in [0.25, 0.3) is 0 Å². The van der Waals surface area contributed by atoms with E-state index in [1.807, 2.05) is 37.3 Å². The number of hydrogen-bond donors (Lipinski definition) is 0. The normalized spacial score (nSPS) is 11.0. The van der Waals surface area contributed by atoms with E-state index in [4.69, 9.17) is 4.84 Å². The summed E-state index contributed by atoms with van der Waals surface area (Å²) in [6, 6.07) is 9.20. The van der Waals surface area contributed by atoms with Gasteiger partial charge in [0.15, 0.2) is 6.29 Å². The maximum Gasteiger partial charge on any atom is 0.172 e. The molecule has 0 aliphatic rings. The zero-order valence-corrected chi connectivity index (χ0v) is 7.43. The Labute approximate surface area is 77.0 Å². The lowest BCUT2D eigenvalue weighted by molar-refractivity contribution is -0.102. The standard InChI is InChI=1S/C10H11NO2/c1-2-13-11-10(8-12)9-6-4-3-5-7-9/h3-8H,2H2,1H3/b11-10-. The molecule has 0 aliphatic heterocycles. The van der Waals surface area contributed by atoms with E-state index < -0.39 is 0 Å². The summed E-state index contributed by atoms with van der Waals surface area (Å²) in [5, 5.41) is 3.68. The van der Waals surface area contributed by atoms with Gasteiger partial charge in [0.05, 0.1) is 0 Å². The molecular weight excluding hydrogens is 166 g/mol. The van der Waals surface area contributed by atoms with Gasteiger partial charge in [-0.1, -0.05) is 35.5 Å². The van der Waals surface area contributed by atoms with Crippen molar-refractivity contribution < 1.29 is 9.63 Å². The lowest BCUT2D eigenvalue weighted by Crippen LogP contribution is -2.02. The number of hydrogen-bond acceptors (Lipinski definition) is 3. The molecular formula is C10H11NO2. The van der Waals surface area contributed by atoms with Crippen molar-refractivity contribution in [2.75, 3.05) is 6.61 Å². The summed E-state index contributed by atoms with van der Waals surface area (Å²) in [5.74, 6) is 0. The second-order valence-corrected chi connectivity index (χ2v) is 2.38. The van der Waals surface area contributed by atoms with Crippen molar-refractivity contribution >= 4 is 12.0 Å². The largest absolute Gasteiger partial charge is 0.396 e. The molecule has 13 heavy (non-hydrogen) atoms. The van der Waals surface area contributed by atoms with Crippen LogP contribution in [0.5, 0.6) is 0 Å². The van der Waals surface area contributed by atoms with E-state index in [2.05, 4.69) is 5.16 Å². The molecule has 0 radical (unpaired) electrons. The van der Waals surface area contributed by atoms with Crippen LogP contribution in [0.4, 0.5) is 0 Å². The molecule has 0 bridgehead atoms. The predicted molar refractivity (Wildman–Crippen MR) is 50.7 cm³/mol. The van der Waals surface area contributed by atoms with Crippen molar-refractivity contribution in [3.63, 3.8) is 0 Å². The highest BCUT2D eigenvalue weighted by atomic mass is 16.6. The molecule has 0 atom stereocenters. The van der Waals surface area contributed by atoms with Crippen LogP contribution in [-0.4, -0.2) is 18.6 Å². The molecule has 1 rings (SSSR count). The Morgan fingerprint density at radius 1 is 1.46 bits per heavy atom. The third-order valence-corrected chi connectivity index (χ3v) is 1.47. The molecule has 0 saturated heterocycles. The fraction of sp³-hybridized carbons (Fsp3) is 0.200. The maximum absolute atomic E-state index is 10.6. The third kappa shape index (κ3) is 2.71. The van der Waals surface area contributed by atoms with Gasteiger partial charge in [0.2, 0.25) is 0 Å².